The molecule has 1 fully saturated rings. The number of hydrogen-bond acceptors (Lipinski definition) is 10. The summed E-state index contributed by atoms with van der Waals surface area (Å²) >= 11 is 0. The molecule has 12 nitrogen and oxygen atoms in total. The first-order valence-corrected chi connectivity index (χ1v) is 11.5. The summed E-state index contributed by atoms with van der Waals surface area (Å²) in [6.07, 6.45) is 3.08. The number of unbranched alkanes of at least 4 members (excludes halogenated alkanes) is 1. The van der Waals surface area contributed by atoms with Crippen molar-refractivity contribution >= 4 is 11.9 Å². The molecule has 0 aromatic carbocycles. The lowest BCUT2D eigenvalue weighted by Crippen LogP contribution is -2.45. The third-order valence-corrected chi connectivity index (χ3v) is 3.55. The predicted molar refractivity (Wildman–Crippen MR) is 125 cm³/mol. The molecule has 0 spiro atoms. The molecule has 0 bridgehead atoms. The van der Waals surface area contributed by atoms with Crippen molar-refractivity contribution in [2.24, 2.45) is 0 Å². The van der Waals surface area contributed by atoms with Crippen LogP contribution < -0.4 is 10.4 Å². The maximum absolute atomic E-state index is 10.1. The molecule has 1 aliphatic rings. The van der Waals surface area contributed by atoms with Gasteiger partial charge in [0.05, 0.1) is 80.0 Å². The van der Waals surface area contributed by atoms with Crippen molar-refractivity contribution in [2.45, 2.75) is 38.7 Å². The number of likely N-dealkylation sites (N-methyl/N-ethyl adjacent to an activating group) is 1. The molecular weight excluding hydrogens is 452 g/mol. The van der Waals surface area contributed by atoms with Crippen LogP contribution in [0, 0.1) is 0 Å². The standard InChI is InChI=1S/C10H22O4.C5H11NO2.C4H7NO.C3H8O3/c1-2-3-5-12-7-9-14-10-8-13-6-4-11;1-6(2,3)4-5(7)8;6-4-2-1-3-5-4;4-1-3(6)2-5/h11H,2-10H2,1H3;4H2,1-3H3;1-3H2,(H,5,6);3-6H,1-2H2. The van der Waals surface area contributed by atoms with Crippen LogP contribution in [0.4, 0.5) is 0 Å². The minimum absolute atomic E-state index is 0.0694. The molecule has 34 heavy (non-hydrogen) atoms. The van der Waals surface area contributed by atoms with Gasteiger partial charge in [0.15, 0.2) is 0 Å². The van der Waals surface area contributed by atoms with Crippen molar-refractivity contribution in [3.8, 4) is 0 Å². The van der Waals surface area contributed by atoms with Gasteiger partial charge in [0.2, 0.25) is 5.91 Å². The lowest BCUT2D eigenvalue weighted by molar-refractivity contribution is -0.864. The van der Waals surface area contributed by atoms with Crippen molar-refractivity contribution in [1.82, 2.24) is 5.32 Å². The van der Waals surface area contributed by atoms with Crippen LogP contribution in [-0.4, -0.2) is 137 Å². The first-order valence-electron chi connectivity index (χ1n) is 11.5. The molecule has 1 amide bonds. The molecule has 0 atom stereocenters. The van der Waals surface area contributed by atoms with E-state index in [9.17, 15) is 14.7 Å². The molecule has 1 rings (SSSR count). The van der Waals surface area contributed by atoms with Crippen molar-refractivity contribution in [2.75, 3.05) is 93.7 Å². The average Bonchev–Trinajstić information content (AvgIpc) is 3.25. The second kappa shape index (κ2) is 27.9. The van der Waals surface area contributed by atoms with Gasteiger partial charge in [-0.2, -0.15) is 0 Å². The summed E-state index contributed by atoms with van der Waals surface area (Å²) in [7, 11) is 5.40. The Morgan fingerprint density at radius 1 is 1.00 bits per heavy atom. The van der Waals surface area contributed by atoms with E-state index in [0.717, 1.165) is 38.8 Å². The molecule has 5 N–H and O–H groups in total. The van der Waals surface area contributed by atoms with Crippen LogP contribution >= 0.6 is 0 Å². The Bertz CT molecular complexity index is 424. The molecular formula is C22H48N2O10. The number of ether oxygens (including phenoxy) is 3. The molecule has 206 valence electrons. The highest BCUT2D eigenvalue weighted by molar-refractivity contribution is 5.77. The number of quaternary nitrogens is 1. The highest BCUT2D eigenvalue weighted by atomic mass is 16.5. The van der Waals surface area contributed by atoms with E-state index in [1.807, 2.05) is 0 Å². The van der Waals surface area contributed by atoms with E-state index >= 15 is 0 Å². The zero-order valence-electron chi connectivity index (χ0n) is 21.4. The summed E-state index contributed by atoms with van der Waals surface area (Å²) in [5.41, 5.74) is 0. The molecule has 0 aliphatic carbocycles. The van der Waals surface area contributed by atoms with Gasteiger partial charge in [-0.3, -0.25) is 4.79 Å². The highest BCUT2D eigenvalue weighted by Crippen LogP contribution is 1.93. The SMILES string of the molecule is CCCCOCCOCCOCCO.C[N+](C)(C)CC(=O)[O-].O=C1CCCN1.OCC(O)CO. The molecule has 0 saturated carbocycles. The second-order valence-electron chi connectivity index (χ2n) is 8.21. The van der Waals surface area contributed by atoms with E-state index in [4.69, 9.17) is 34.6 Å². The summed E-state index contributed by atoms with van der Waals surface area (Å²) in [6.45, 7) is 6.01. The number of carboxylic acids is 1. The van der Waals surface area contributed by atoms with Gasteiger partial charge in [-0.15, -0.1) is 0 Å². The molecule has 0 aromatic rings. The van der Waals surface area contributed by atoms with Crippen LogP contribution in [0.25, 0.3) is 0 Å². The Morgan fingerprint density at radius 2 is 1.50 bits per heavy atom. The van der Waals surface area contributed by atoms with E-state index < -0.39 is 12.1 Å². The van der Waals surface area contributed by atoms with Gasteiger partial charge in [0.25, 0.3) is 0 Å². The molecule has 1 aliphatic heterocycles. The number of aliphatic hydroxyl groups excluding tert-OH is 4. The fourth-order valence-corrected chi connectivity index (χ4v) is 1.86. The molecule has 1 heterocycles. The first-order chi connectivity index (χ1) is 16.0. The minimum Gasteiger partial charge on any atom is -0.544 e. The number of aliphatic carboxylic acids is 1. The van der Waals surface area contributed by atoms with Crippen molar-refractivity contribution < 1.29 is 53.8 Å². The third kappa shape index (κ3) is 40.9. The van der Waals surface area contributed by atoms with E-state index in [-0.39, 0.29) is 32.3 Å². The Morgan fingerprint density at radius 3 is 1.74 bits per heavy atom. The number of hydrogen-bond donors (Lipinski definition) is 5. The fraction of sp³-hybridized carbons (Fsp3) is 0.909. The van der Waals surface area contributed by atoms with Gasteiger partial charge >= 0.3 is 0 Å². The number of carbonyl (C=O) groups excluding carboxylic acids is 2. The van der Waals surface area contributed by atoms with Crippen LogP contribution in [0.15, 0.2) is 0 Å². The lowest BCUT2D eigenvalue weighted by atomic mass is 10.4. The van der Waals surface area contributed by atoms with E-state index in [1.165, 1.54) is 0 Å². The van der Waals surface area contributed by atoms with Crippen molar-refractivity contribution in [1.29, 1.82) is 0 Å². The zero-order valence-corrected chi connectivity index (χ0v) is 21.4. The number of carbonyl (C=O) groups is 2. The number of carboxylic acid groups (broad SMARTS) is 1. The minimum atomic E-state index is -1.00. The monoisotopic (exact) mass is 500 g/mol. The number of aliphatic hydroxyl groups is 4. The smallest absolute Gasteiger partial charge is 0.220 e. The Hall–Kier alpha value is -1.38. The van der Waals surface area contributed by atoms with Crippen LogP contribution in [0.3, 0.4) is 0 Å². The summed E-state index contributed by atoms with van der Waals surface area (Å²) < 4.78 is 16.0. The third-order valence-electron chi connectivity index (χ3n) is 3.55. The first kappa shape index (κ1) is 37.2. The van der Waals surface area contributed by atoms with Crippen molar-refractivity contribution in [3.63, 3.8) is 0 Å². The Kier molecular flexibility index (Phi) is 30.5. The molecule has 1 saturated heterocycles. The maximum Gasteiger partial charge on any atom is 0.220 e. The largest absolute Gasteiger partial charge is 0.544 e. The normalized spacial score (nSPS) is 12.6. The van der Waals surface area contributed by atoms with Crippen LogP contribution in [0.5, 0.6) is 0 Å². The second-order valence-corrected chi connectivity index (χ2v) is 8.21. The van der Waals surface area contributed by atoms with E-state index in [0.29, 0.717) is 37.5 Å². The van der Waals surface area contributed by atoms with Crippen LogP contribution in [0.1, 0.15) is 32.6 Å². The van der Waals surface area contributed by atoms with Gasteiger partial charge in [-0.05, 0) is 12.8 Å². The van der Waals surface area contributed by atoms with Crippen LogP contribution in [0.2, 0.25) is 0 Å². The highest BCUT2D eigenvalue weighted by Gasteiger charge is 2.05. The van der Waals surface area contributed by atoms with E-state index in [1.54, 1.807) is 21.1 Å². The van der Waals surface area contributed by atoms with Gasteiger partial charge < -0.3 is 54.3 Å². The Labute approximate surface area is 204 Å². The van der Waals surface area contributed by atoms with E-state index in [2.05, 4.69) is 12.2 Å². The quantitative estimate of drug-likeness (QED) is 0.119. The van der Waals surface area contributed by atoms with Crippen LogP contribution in [-0.2, 0) is 23.8 Å². The molecule has 0 radical (unpaired) electrons. The predicted octanol–water partition coefficient (Wildman–Crippen LogP) is -2.50. The topological polar surface area (TPSA) is 178 Å². The summed E-state index contributed by atoms with van der Waals surface area (Å²) in [4.78, 5) is 20.0. The number of amides is 1. The maximum atomic E-state index is 10.1. The lowest BCUT2D eigenvalue weighted by Gasteiger charge is -2.23. The Balaban J connectivity index is -0.000000407. The number of nitrogens with one attached hydrogen (secondary N) is 1. The van der Waals surface area contributed by atoms with Crippen molar-refractivity contribution in [3.05, 3.63) is 0 Å². The van der Waals surface area contributed by atoms with Gasteiger partial charge in [-0.1, -0.05) is 13.3 Å². The zero-order chi connectivity index (χ0) is 26.7. The molecule has 12 heteroatoms. The van der Waals surface area contributed by atoms with Gasteiger partial charge in [-0.25, -0.2) is 0 Å². The number of rotatable bonds is 15. The fourth-order valence-electron chi connectivity index (χ4n) is 1.86. The molecule has 0 aromatic heterocycles. The van der Waals surface area contributed by atoms with Gasteiger partial charge in [0.1, 0.15) is 12.6 Å². The number of nitrogens with zero attached hydrogens (tertiary/aromatic N) is 1. The average molecular weight is 501 g/mol. The van der Waals surface area contributed by atoms with Gasteiger partial charge in [0, 0.05) is 19.6 Å². The summed E-state index contributed by atoms with van der Waals surface area (Å²) in [5, 5.41) is 45.0. The summed E-state index contributed by atoms with van der Waals surface area (Å²) in [6, 6.07) is 0. The summed E-state index contributed by atoms with van der Waals surface area (Å²) in [5.74, 6) is -0.799. The molecule has 0 unspecified atom stereocenters.